The Balaban J connectivity index is 2.91. The summed E-state index contributed by atoms with van der Waals surface area (Å²) in [6.45, 7) is 0. The molecule has 0 aromatic carbocycles. The van der Waals surface area contributed by atoms with Gasteiger partial charge in [0.2, 0.25) is 10.0 Å². The maximum Gasteiger partial charge on any atom is 0.214 e. The van der Waals surface area contributed by atoms with Crippen LogP contribution in [0.25, 0.3) is 0 Å². The summed E-state index contributed by atoms with van der Waals surface area (Å²) in [6, 6.07) is 0. The van der Waals surface area contributed by atoms with Gasteiger partial charge in [-0.1, -0.05) is 11.6 Å². The number of primary sulfonamides is 1. The molecule has 0 amide bonds. The molecule has 0 bridgehead atoms. The van der Waals surface area contributed by atoms with Crippen LogP contribution in [0.15, 0.2) is 12.4 Å². The normalized spacial score (nSPS) is 11.5. The summed E-state index contributed by atoms with van der Waals surface area (Å²) in [5, 5.41) is 4.93. The fourth-order valence-corrected chi connectivity index (χ4v) is 1.37. The van der Waals surface area contributed by atoms with Crippen LogP contribution in [0.5, 0.6) is 0 Å². The van der Waals surface area contributed by atoms with Gasteiger partial charge in [-0.2, -0.15) is 0 Å². The number of nitrogens with two attached hydrogens (primary N) is 1. The molecule has 1 rings (SSSR count). The van der Waals surface area contributed by atoms with E-state index in [0.717, 1.165) is 0 Å². The molecule has 0 radical (unpaired) electrons. The zero-order valence-electron chi connectivity index (χ0n) is 5.94. The number of sulfonamides is 1. The van der Waals surface area contributed by atoms with E-state index < -0.39 is 10.0 Å². The molecule has 7 heteroatoms. The van der Waals surface area contributed by atoms with Gasteiger partial charge in [0.1, 0.15) is 10.9 Å². The minimum atomic E-state index is -3.56. The van der Waals surface area contributed by atoms with E-state index in [2.05, 4.69) is 9.97 Å². The van der Waals surface area contributed by atoms with Crippen LogP contribution >= 0.6 is 11.6 Å². The topological polar surface area (TPSA) is 85.9 Å². The first-order chi connectivity index (χ1) is 5.47. The zero-order valence-corrected chi connectivity index (χ0v) is 7.51. The van der Waals surface area contributed by atoms with E-state index in [0.29, 0.717) is 0 Å². The Labute approximate surface area is 74.6 Å². The van der Waals surface area contributed by atoms with Crippen molar-refractivity contribution in [3.8, 4) is 0 Å². The van der Waals surface area contributed by atoms with Gasteiger partial charge in [-0.25, -0.2) is 18.5 Å². The summed E-state index contributed by atoms with van der Waals surface area (Å²) in [7, 11) is -3.56. The Bertz CT molecular complexity index is 378. The van der Waals surface area contributed by atoms with E-state index in [9.17, 15) is 8.42 Å². The second-order valence-electron chi connectivity index (χ2n) is 2.14. The maximum atomic E-state index is 10.6. The van der Waals surface area contributed by atoms with Crippen LogP contribution in [0, 0.1) is 0 Å². The highest BCUT2D eigenvalue weighted by Crippen LogP contribution is 2.04. The Morgan fingerprint density at radius 1 is 1.50 bits per heavy atom. The van der Waals surface area contributed by atoms with Crippen molar-refractivity contribution in [3.05, 3.63) is 23.2 Å². The molecule has 1 aromatic heterocycles. The summed E-state index contributed by atoms with van der Waals surface area (Å²) >= 11 is 5.46. The molecule has 1 heterocycles. The van der Waals surface area contributed by atoms with E-state index in [1.54, 1.807) is 0 Å². The van der Waals surface area contributed by atoms with Gasteiger partial charge < -0.3 is 0 Å². The monoisotopic (exact) mass is 207 g/mol. The zero-order chi connectivity index (χ0) is 9.19. The van der Waals surface area contributed by atoms with Crippen molar-refractivity contribution < 1.29 is 8.42 Å². The molecular formula is C5H6ClN3O2S. The van der Waals surface area contributed by atoms with Crippen LogP contribution in [0.4, 0.5) is 0 Å². The molecular weight excluding hydrogens is 202 g/mol. The van der Waals surface area contributed by atoms with Gasteiger partial charge in [0, 0.05) is 6.20 Å². The van der Waals surface area contributed by atoms with Gasteiger partial charge in [-0.15, -0.1) is 0 Å². The van der Waals surface area contributed by atoms with Crippen LogP contribution in [0.3, 0.4) is 0 Å². The highest BCUT2D eigenvalue weighted by Gasteiger charge is 2.06. The molecule has 5 nitrogen and oxygen atoms in total. The summed E-state index contributed by atoms with van der Waals surface area (Å²) in [5.74, 6) is -0.347. The van der Waals surface area contributed by atoms with Gasteiger partial charge in [-0.05, 0) is 0 Å². The summed E-state index contributed by atoms with van der Waals surface area (Å²) < 4.78 is 21.2. The van der Waals surface area contributed by atoms with Crippen molar-refractivity contribution in [2.45, 2.75) is 5.75 Å². The smallest absolute Gasteiger partial charge is 0.214 e. The molecule has 2 N–H and O–H groups in total. The maximum absolute atomic E-state index is 10.6. The second-order valence-corrected chi connectivity index (χ2v) is 4.14. The second kappa shape index (κ2) is 3.34. The largest absolute Gasteiger partial charge is 0.260 e. The number of aromatic nitrogens is 2. The van der Waals surface area contributed by atoms with Crippen LogP contribution in [-0.4, -0.2) is 18.4 Å². The Kier molecular flexibility index (Phi) is 2.61. The van der Waals surface area contributed by atoms with Crippen molar-refractivity contribution in [2.24, 2.45) is 5.14 Å². The van der Waals surface area contributed by atoms with Crippen molar-refractivity contribution in [1.82, 2.24) is 9.97 Å². The van der Waals surface area contributed by atoms with E-state index in [4.69, 9.17) is 16.7 Å². The summed E-state index contributed by atoms with van der Waals surface area (Å²) in [5.41, 5.74) is 0.241. The number of hydrogen-bond acceptors (Lipinski definition) is 4. The van der Waals surface area contributed by atoms with Crippen LogP contribution in [0.2, 0.25) is 5.15 Å². The standard InChI is InChI=1S/C5H6ClN3O2S/c6-5-2-8-1-4(9-5)3-12(7,10)11/h1-2H,3H2,(H2,7,10,11). The number of rotatable bonds is 2. The first-order valence-corrected chi connectivity index (χ1v) is 5.03. The molecule has 0 aliphatic heterocycles. The molecule has 0 fully saturated rings. The third-order valence-corrected chi connectivity index (χ3v) is 1.88. The Morgan fingerprint density at radius 2 is 2.17 bits per heavy atom. The van der Waals surface area contributed by atoms with Crippen molar-refractivity contribution >= 4 is 21.6 Å². The highest BCUT2D eigenvalue weighted by molar-refractivity contribution is 7.88. The molecule has 0 aliphatic rings. The van der Waals surface area contributed by atoms with Crippen molar-refractivity contribution in [2.75, 3.05) is 0 Å². The van der Waals surface area contributed by atoms with Crippen molar-refractivity contribution in [3.63, 3.8) is 0 Å². The van der Waals surface area contributed by atoms with Crippen molar-refractivity contribution in [1.29, 1.82) is 0 Å². The minimum absolute atomic E-state index is 0.149. The Morgan fingerprint density at radius 3 is 2.67 bits per heavy atom. The summed E-state index contributed by atoms with van der Waals surface area (Å²) in [4.78, 5) is 7.36. The lowest BCUT2D eigenvalue weighted by Gasteiger charge is -1.96. The van der Waals surface area contributed by atoms with Crippen LogP contribution < -0.4 is 5.14 Å². The van der Waals surface area contributed by atoms with Gasteiger partial charge in [0.05, 0.1) is 11.9 Å². The predicted octanol–water partition coefficient (Wildman–Crippen LogP) is -0.0815. The fraction of sp³-hybridized carbons (Fsp3) is 0.200. The molecule has 0 saturated heterocycles. The SMILES string of the molecule is NS(=O)(=O)Cc1cncc(Cl)n1. The average Bonchev–Trinajstić information content (AvgIpc) is 1.82. The van der Waals surface area contributed by atoms with Gasteiger partial charge in [0.15, 0.2) is 0 Å². The summed E-state index contributed by atoms with van der Waals surface area (Å²) in [6.07, 6.45) is 2.62. The minimum Gasteiger partial charge on any atom is -0.260 e. The molecule has 0 unspecified atom stereocenters. The Hall–Kier alpha value is -0.720. The van der Waals surface area contributed by atoms with Gasteiger partial charge >= 0.3 is 0 Å². The quantitative estimate of drug-likeness (QED) is 0.735. The molecule has 66 valence electrons. The number of hydrogen-bond donors (Lipinski definition) is 1. The fourth-order valence-electron chi connectivity index (χ4n) is 0.655. The van der Waals surface area contributed by atoms with E-state index in [-0.39, 0.29) is 16.6 Å². The molecule has 0 aliphatic carbocycles. The lowest BCUT2D eigenvalue weighted by atomic mass is 10.5. The van der Waals surface area contributed by atoms with Crippen LogP contribution in [-0.2, 0) is 15.8 Å². The third kappa shape index (κ3) is 3.12. The van der Waals surface area contributed by atoms with E-state index >= 15 is 0 Å². The van der Waals surface area contributed by atoms with E-state index in [1.165, 1.54) is 12.4 Å². The number of nitrogens with zero attached hydrogens (tertiary/aromatic N) is 2. The van der Waals surface area contributed by atoms with Crippen LogP contribution in [0.1, 0.15) is 5.69 Å². The lowest BCUT2D eigenvalue weighted by Crippen LogP contribution is -2.15. The van der Waals surface area contributed by atoms with Gasteiger partial charge in [-0.3, -0.25) is 4.98 Å². The molecule has 0 spiro atoms. The molecule has 0 atom stereocenters. The highest BCUT2D eigenvalue weighted by atomic mass is 35.5. The third-order valence-electron chi connectivity index (χ3n) is 1.00. The van der Waals surface area contributed by atoms with Gasteiger partial charge in [0.25, 0.3) is 0 Å². The first kappa shape index (κ1) is 9.37. The first-order valence-electron chi connectivity index (χ1n) is 2.94. The lowest BCUT2D eigenvalue weighted by molar-refractivity contribution is 0.596. The average molecular weight is 208 g/mol. The predicted molar refractivity (Wildman–Crippen MR) is 43.9 cm³/mol. The molecule has 1 aromatic rings. The molecule has 12 heavy (non-hydrogen) atoms. The number of halogens is 1. The molecule has 0 saturated carbocycles. The van der Waals surface area contributed by atoms with E-state index in [1.807, 2.05) is 0 Å².